The van der Waals surface area contributed by atoms with E-state index in [0.29, 0.717) is 35.5 Å². The van der Waals surface area contributed by atoms with Crippen LogP contribution in [-0.2, 0) is 0 Å². The standard InChI is InChI=1S/C51H37N5/c1-4-15-34(16-5-1)49-52-50(35-17-6-2-7-18-35)54-51(53-49)38-19-14-22-40(31-38)56-46-26-13-11-24-42(46)44-32-36(28-30-47(44)56)37-27-29-43-41-23-10-12-25-45(41)55(48(43)33-37)39-20-8-3-9-21-39/h1-32,41,45,48H,33H2. The van der Waals surface area contributed by atoms with E-state index < -0.39 is 0 Å². The van der Waals surface area contributed by atoms with Crippen LogP contribution in [0.25, 0.3) is 67.2 Å². The fourth-order valence-electron chi connectivity index (χ4n) is 9.01. The van der Waals surface area contributed by atoms with Crippen molar-refractivity contribution in [3.05, 3.63) is 205 Å². The van der Waals surface area contributed by atoms with Crippen molar-refractivity contribution in [3.63, 3.8) is 0 Å². The number of nitrogens with zero attached hydrogens (tertiary/aromatic N) is 5. The second-order valence-corrected chi connectivity index (χ2v) is 14.8. The van der Waals surface area contributed by atoms with Crippen molar-refractivity contribution >= 4 is 33.1 Å². The molecule has 1 saturated heterocycles. The zero-order valence-electron chi connectivity index (χ0n) is 30.7. The van der Waals surface area contributed by atoms with E-state index >= 15 is 0 Å². The molecule has 0 spiro atoms. The van der Waals surface area contributed by atoms with E-state index in [1.807, 2.05) is 60.7 Å². The highest BCUT2D eigenvalue weighted by Gasteiger charge is 2.44. The predicted octanol–water partition coefficient (Wildman–Crippen LogP) is 11.7. The van der Waals surface area contributed by atoms with Crippen LogP contribution < -0.4 is 4.90 Å². The molecule has 11 rings (SSSR count). The van der Waals surface area contributed by atoms with Gasteiger partial charge in [0, 0.05) is 44.8 Å². The Hall–Kier alpha value is -7.11. The summed E-state index contributed by atoms with van der Waals surface area (Å²) in [5, 5.41) is 2.47. The maximum Gasteiger partial charge on any atom is 0.164 e. The first-order valence-electron chi connectivity index (χ1n) is 19.4. The van der Waals surface area contributed by atoms with Gasteiger partial charge in [-0.25, -0.2) is 15.0 Å². The van der Waals surface area contributed by atoms with Crippen LogP contribution >= 0.6 is 0 Å². The van der Waals surface area contributed by atoms with Crippen molar-refractivity contribution in [2.24, 2.45) is 5.92 Å². The lowest BCUT2D eigenvalue weighted by molar-refractivity contribution is 0.675. The fraction of sp³-hybridized carbons (Fsp3) is 0.0784. The third-order valence-corrected chi connectivity index (χ3v) is 11.6. The van der Waals surface area contributed by atoms with E-state index in [1.165, 1.54) is 38.7 Å². The highest BCUT2D eigenvalue weighted by molar-refractivity contribution is 6.10. The summed E-state index contributed by atoms with van der Waals surface area (Å²) < 4.78 is 2.38. The number of hydrogen-bond donors (Lipinski definition) is 0. The first kappa shape index (κ1) is 32.3. The number of hydrogen-bond acceptors (Lipinski definition) is 4. The Bertz CT molecular complexity index is 2840. The molecule has 5 heteroatoms. The molecule has 3 unspecified atom stereocenters. The second-order valence-electron chi connectivity index (χ2n) is 14.8. The molecule has 1 aliphatic heterocycles. The molecule has 1 fully saturated rings. The lowest BCUT2D eigenvalue weighted by atomic mass is 9.84. The van der Waals surface area contributed by atoms with Crippen molar-refractivity contribution in [2.75, 3.05) is 4.90 Å². The molecule has 0 N–H and O–H groups in total. The van der Waals surface area contributed by atoms with E-state index in [1.54, 1.807) is 0 Å². The minimum Gasteiger partial charge on any atom is -0.357 e. The summed E-state index contributed by atoms with van der Waals surface area (Å²) >= 11 is 0. The lowest BCUT2D eigenvalue weighted by Crippen LogP contribution is -2.37. The molecule has 0 radical (unpaired) electrons. The maximum absolute atomic E-state index is 5.03. The van der Waals surface area contributed by atoms with E-state index in [-0.39, 0.29) is 0 Å². The first-order chi connectivity index (χ1) is 27.8. The Morgan fingerprint density at radius 2 is 1.07 bits per heavy atom. The van der Waals surface area contributed by atoms with Crippen LogP contribution in [0.15, 0.2) is 200 Å². The van der Waals surface area contributed by atoms with E-state index in [0.717, 1.165) is 34.3 Å². The second kappa shape index (κ2) is 13.3. The summed E-state index contributed by atoms with van der Waals surface area (Å²) in [7, 11) is 0. The van der Waals surface area contributed by atoms with Crippen molar-refractivity contribution in [2.45, 2.75) is 18.5 Å². The van der Waals surface area contributed by atoms with Crippen molar-refractivity contribution in [1.82, 2.24) is 19.5 Å². The highest BCUT2D eigenvalue weighted by atomic mass is 15.2. The maximum atomic E-state index is 5.03. The van der Waals surface area contributed by atoms with E-state index in [9.17, 15) is 0 Å². The van der Waals surface area contributed by atoms with Gasteiger partial charge >= 0.3 is 0 Å². The van der Waals surface area contributed by atoms with Gasteiger partial charge in [0.15, 0.2) is 17.5 Å². The molecule has 2 aromatic heterocycles. The molecule has 266 valence electrons. The summed E-state index contributed by atoms with van der Waals surface area (Å²) in [4.78, 5) is 17.6. The minimum atomic E-state index is 0.305. The molecule has 2 aliphatic carbocycles. The Kier molecular flexibility index (Phi) is 7.69. The summed E-state index contributed by atoms with van der Waals surface area (Å²) in [6, 6.07) is 56.2. The van der Waals surface area contributed by atoms with Gasteiger partial charge in [-0.2, -0.15) is 0 Å². The molecular weight excluding hydrogens is 683 g/mol. The molecule has 5 nitrogen and oxygen atoms in total. The summed E-state index contributed by atoms with van der Waals surface area (Å²) in [5.41, 5.74) is 11.6. The van der Waals surface area contributed by atoms with Crippen LogP contribution in [-0.4, -0.2) is 31.6 Å². The third-order valence-electron chi connectivity index (χ3n) is 11.6. The number of rotatable bonds is 6. The normalized spacial score (nSPS) is 18.5. The number of anilines is 1. The van der Waals surface area contributed by atoms with Crippen LogP contribution in [0.2, 0.25) is 0 Å². The topological polar surface area (TPSA) is 46.8 Å². The zero-order chi connectivity index (χ0) is 37.0. The van der Waals surface area contributed by atoms with E-state index in [4.69, 9.17) is 15.0 Å². The molecule has 0 bridgehead atoms. The van der Waals surface area contributed by atoms with Gasteiger partial charge in [0.05, 0.1) is 23.1 Å². The van der Waals surface area contributed by atoms with Gasteiger partial charge < -0.3 is 9.47 Å². The largest absolute Gasteiger partial charge is 0.357 e. The first-order valence-corrected chi connectivity index (χ1v) is 19.4. The number of benzene rings is 6. The Morgan fingerprint density at radius 3 is 1.82 bits per heavy atom. The van der Waals surface area contributed by atoms with Crippen LogP contribution in [0.4, 0.5) is 5.69 Å². The number of aromatic nitrogens is 4. The van der Waals surface area contributed by atoms with Gasteiger partial charge in [-0.05, 0) is 65.6 Å². The predicted molar refractivity (Wildman–Crippen MR) is 229 cm³/mol. The summed E-state index contributed by atoms with van der Waals surface area (Å²) in [6.45, 7) is 0. The molecule has 0 saturated carbocycles. The average Bonchev–Trinajstić information content (AvgIpc) is 3.79. The van der Waals surface area contributed by atoms with Gasteiger partial charge in [0.1, 0.15) is 0 Å². The summed E-state index contributed by atoms with van der Waals surface area (Å²) in [5.74, 6) is 2.34. The third kappa shape index (κ3) is 5.43. The molecule has 0 amide bonds. The highest BCUT2D eigenvalue weighted by Crippen LogP contribution is 2.47. The van der Waals surface area contributed by atoms with E-state index in [2.05, 4.69) is 143 Å². The van der Waals surface area contributed by atoms with Gasteiger partial charge in [0.25, 0.3) is 0 Å². The molecule has 56 heavy (non-hydrogen) atoms. The van der Waals surface area contributed by atoms with Crippen LogP contribution in [0.1, 0.15) is 12.0 Å². The molecular formula is C51H37N5. The Labute approximate surface area is 326 Å². The molecule has 3 aliphatic rings. The van der Waals surface area contributed by atoms with Crippen molar-refractivity contribution in [3.8, 4) is 39.9 Å². The number of para-hydroxylation sites is 2. The SMILES string of the molecule is C1=CC2C3=CC=C(c4ccc5c(c4)c4ccccc4n5-c4cccc(-c5nc(-c6ccccc6)nc(-c6ccccc6)n5)c4)CC3N(c3ccccc3)C2C=C1. The number of allylic oxidation sites excluding steroid dienone is 4. The lowest BCUT2D eigenvalue weighted by Gasteiger charge is -2.33. The van der Waals surface area contributed by atoms with Crippen LogP contribution in [0.3, 0.4) is 0 Å². The summed E-state index contributed by atoms with van der Waals surface area (Å²) in [6.07, 6.45) is 14.9. The van der Waals surface area contributed by atoms with Gasteiger partial charge in [-0.3, -0.25) is 0 Å². The van der Waals surface area contributed by atoms with Gasteiger partial charge in [0.2, 0.25) is 0 Å². The fourth-order valence-corrected chi connectivity index (χ4v) is 9.01. The average molecular weight is 720 g/mol. The van der Waals surface area contributed by atoms with Crippen LogP contribution in [0.5, 0.6) is 0 Å². The molecule has 3 heterocycles. The van der Waals surface area contributed by atoms with Crippen molar-refractivity contribution < 1.29 is 0 Å². The van der Waals surface area contributed by atoms with Crippen LogP contribution in [0, 0.1) is 5.92 Å². The Balaban J connectivity index is 0.999. The minimum absolute atomic E-state index is 0.305. The zero-order valence-corrected chi connectivity index (χ0v) is 30.7. The smallest absolute Gasteiger partial charge is 0.164 e. The molecule has 8 aromatic rings. The quantitative estimate of drug-likeness (QED) is 0.172. The monoisotopic (exact) mass is 719 g/mol. The van der Waals surface area contributed by atoms with Gasteiger partial charge in [-0.1, -0.05) is 152 Å². The molecule has 3 atom stereocenters. The number of fused-ring (bicyclic) bond motifs is 6. The Morgan fingerprint density at radius 1 is 0.464 bits per heavy atom. The van der Waals surface area contributed by atoms with Gasteiger partial charge in [-0.15, -0.1) is 0 Å². The van der Waals surface area contributed by atoms with Crippen molar-refractivity contribution in [1.29, 1.82) is 0 Å². The molecule has 6 aromatic carbocycles.